The van der Waals surface area contributed by atoms with Gasteiger partial charge in [0.1, 0.15) is 5.92 Å². The van der Waals surface area contributed by atoms with Crippen LogP contribution in [0.25, 0.3) is 0 Å². The predicted molar refractivity (Wildman–Crippen MR) is 106 cm³/mol. The van der Waals surface area contributed by atoms with Crippen molar-refractivity contribution in [3.63, 3.8) is 0 Å². The van der Waals surface area contributed by atoms with Crippen LogP contribution in [0.15, 0.2) is 28.5 Å². The van der Waals surface area contributed by atoms with Crippen LogP contribution in [0.2, 0.25) is 0 Å². The number of piperidine rings is 1. The fraction of sp³-hybridized carbons (Fsp3) is 0.444. The molecule has 3 N–H and O–H groups in total. The van der Waals surface area contributed by atoms with E-state index in [-0.39, 0.29) is 29.7 Å². The minimum atomic E-state index is -0.687. The van der Waals surface area contributed by atoms with E-state index in [1.54, 1.807) is 11.4 Å². The summed E-state index contributed by atoms with van der Waals surface area (Å²) in [6.07, 6.45) is 3.48. The van der Waals surface area contributed by atoms with E-state index in [2.05, 4.69) is 26.0 Å². The minimum absolute atomic E-state index is 0.161. The van der Waals surface area contributed by atoms with E-state index in [0.717, 1.165) is 6.42 Å². The fourth-order valence-corrected chi connectivity index (χ4v) is 3.63. The average molecular weight is 418 g/mol. The number of hydrogen-bond acceptors (Lipinski definition) is 7. The van der Waals surface area contributed by atoms with Crippen molar-refractivity contribution in [1.29, 1.82) is 0 Å². The first kappa shape index (κ1) is 20.6. The number of rotatable bonds is 8. The number of nitrogens with one attached hydrogen (secondary N) is 3. The Labute approximate surface area is 170 Å². The van der Waals surface area contributed by atoms with E-state index in [1.165, 1.54) is 28.3 Å². The molecule has 1 aliphatic heterocycles. The molecule has 2 aromatic rings. The second kappa shape index (κ2) is 9.92. The Balaban J connectivity index is 1.40. The number of amides is 3. The molecular formula is C18H22N6O4S. The Morgan fingerprint density at radius 2 is 2.21 bits per heavy atom. The van der Waals surface area contributed by atoms with Crippen LogP contribution in [0.3, 0.4) is 0 Å². The third-order valence-electron chi connectivity index (χ3n) is 4.42. The summed E-state index contributed by atoms with van der Waals surface area (Å²) in [5, 5.41) is 14.2. The van der Waals surface area contributed by atoms with Crippen molar-refractivity contribution in [2.24, 2.45) is 5.92 Å². The van der Waals surface area contributed by atoms with Gasteiger partial charge in [-0.15, -0.1) is 11.3 Å². The Kier molecular flexibility index (Phi) is 7.06. The highest BCUT2D eigenvalue weighted by atomic mass is 32.1. The van der Waals surface area contributed by atoms with Gasteiger partial charge in [-0.2, -0.15) is 5.10 Å². The molecule has 3 amide bonds. The lowest BCUT2D eigenvalue weighted by atomic mass is 9.98. The molecule has 0 saturated carbocycles. The zero-order chi connectivity index (χ0) is 20.6. The van der Waals surface area contributed by atoms with Gasteiger partial charge in [-0.05, 0) is 25.3 Å². The molecule has 1 saturated heterocycles. The maximum Gasteiger partial charge on any atom is 0.266 e. The molecule has 154 valence electrons. The summed E-state index contributed by atoms with van der Waals surface area (Å²) < 4.78 is 1.28. The molecule has 1 fully saturated rings. The Bertz CT molecular complexity index is 940. The van der Waals surface area contributed by atoms with Crippen LogP contribution in [0.1, 0.15) is 25.0 Å². The summed E-state index contributed by atoms with van der Waals surface area (Å²) in [4.78, 5) is 51.8. The SMILES string of the molecule is O=C(CCc1csc(NC(=O)C2CCCNC2=O)n1)NCCn1ncccc1=O. The number of anilines is 1. The van der Waals surface area contributed by atoms with Crippen LogP contribution in [0.5, 0.6) is 0 Å². The van der Waals surface area contributed by atoms with Crippen molar-refractivity contribution in [1.82, 2.24) is 25.4 Å². The van der Waals surface area contributed by atoms with Gasteiger partial charge in [-0.3, -0.25) is 19.2 Å². The maximum atomic E-state index is 12.2. The van der Waals surface area contributed by atoms with Crippen LogP contribution in [-0.4, -0.2) is 45.6 Å². The van der Waals surface area contributed by atoms with E-state index in [1.807, 2.05) is 0 Å². The van der Waals surface area contributed by atoms with Crippen molar-refractivity contribution in [3.8, 4) is 0 Å². The first-order valence-electron chi connectivity index (χ1n) is 9.35. The van der Waals surface area contributed by atoms with Crippen LogP contribution in [0.4, 0.5) is 5.13 Å². The van der Waals surface area contributed by atoms with Crippen molar-refractivity contribution in [3.05, 3.63) is 39.8 Å². The number of hydrogen-bond donors (Lipinski definition) is 3. The highest BCUT2D eigenvalue weighted by molar-refractivity contribution is 7.13. The molecule has 0 radical (unpaired) electrons. The lowest BCUT2D eigenvalue weighted by Crippen LogP contribution is -2.42. The van der Waals surface area contributed by atoms with E-state index in [4.69, 9.17) is 0 Å². The smallest absolute Gasteiger partial charge is 0.266 e. The lowest BCUT2D eigenvalue weighted by Gasteiger charge is -2.20. The number of carbonyl (C=O) groups excluding carboxylic acids is 3. The van der Waals surface area contributed by atoms with Gasteiger partial charge in [0, 0.05) is 37.2 Å². The Morgan fingerprint density at radius 3 is 3.00 bits per heavy atom. The summed E-state index contributed by atoms with van der Waals surface area (Å²) >= 11 is 1.26. The summed E-state index contributed by atoms with van der Waals surface area (Å²) in [5.74, 6) is -1.46. The Morgan fingerprint density at radius 1 is 1.34 bits per heavy atom. The van der Waals surface area contributed by atoms with Crippen LogP contribution in [0, 0.1) is 5.92 Å². The molecule has 11 heteroatoms. The van der Waals surface area contributed by atoms with Gasteiger partial charge >= 0.3 is 0 Å². The van der Waals surface area contributed by atoms with E-state index in [9.17, 15) is 19.2 Å². The van der Waals surface area contributed by atoms with E-state index in [0.29, 0.717) is 43.3 Å². The van der Waals surface area contributed by atoms with Crippen LogP contribution in [-0.2, 0) is 27.3 Å². The van der Waals surface area contributed by atoms with Gasteiger partial charge < -0.3 is 16.0 Å². The van der Waals surface area contributed by atoms with Gasteiger partial charge in [0.05, 0.1) is 12.2 Å². The quantitative estimate of drug-likeness (QED) is 0.513. The van der Waals surface area contributed by atoms with Crippen molar-refractivity contribution in [2.75, 3.05) is 18.4 Å². The van der Waals surface area contributed by atoms with Crippen molar-refractivity contribution in [2.45, 2.75) is 32.2 Å². The average Bonchev–Trinajstić information content (AvgIpc) is 3.15. The molecule has 0 bridgehead atoms. The maximum absolute atomic E-state index is 12.2. The molecular weight excluding hydrogens is 396 g/mol. The largest absolute Gasteiger partial charge is 0.355 e. The minimum Gasteiger partial charge on any atom is -0.355 e. The monoisotopic (exact) mass is 418 g/mol. The summed E-state index contributed by atoms with van der Waals surface area (Å²) in [5.41, 5.74) is 0.471. The third-order valence-corrected chi connectivity index (χ3v) is 5.23. The Hall–Kier alpha value is -3.08. The third kappa shape index (κ3) is 5.95. The number of aryl methyl sites for hydroxylation is 1. The second-order valence-electron chi connectivity index (χ2n) is 6.55. The van der Waals surface area contributed by atoms with Crippen LogP contribution < -0.4 is 21.5 Å². The van der Waals surface area contributed by atoms with Gasteiger partial charge in [-0.1, -0.05) is 0 Å². The number of thiazole rings is 1. The van der Waals surface area contributed by atoms with Crippen molar-refractivity contribution < 1.29 is 14.4 Å². The molecule has 10 nitrogen and oxygen atoms in total. The topological polar surface area (TPSA) is 135 Å². The normalized spacial score (nSPS) is 16.1. The van der Waals surface area contributed by atoms with Crippen LogP contribution >= 0.6 is 11.3 Å². The van der Waals surface area contributed by atoms with Gasteiger partial charge in [0.2, 0.25) is 17.7 Å². The molecule has 29 heavy (non-hydrogen) atoms. The van der Waals surface area contributed by atoms with Crippen molar-refractivity contribution >= 4 is 34.2 Å². The molecule has 1 atom stereocenters. The molecule has 0 aliphatic carbocycles. The van der Waals surface area contributed by atoms with E-state index < -0.39 is 5.92 Å². The summed E-state index contributed by atoms with van der Waals surface area (Å²) in [6, 6.07) is 2.97. The number of nitrogens with zero attached hydrogens (tertiary/aromatic N) is 3. The molecule has 2 aromatic heterocycles. The zero-order valence-corrected chi connectivity index (χ0v) is 16.5. The summed E-state index contributed by atoms with van der Waals surface area (Å²) in [6.45, 7) is 1.20. The summed E-state index contributed by atoms with van der Waals surface area (Å²) in [7, 11) is 0. The number of carbonyl (C=O) groups is 3. The molecule has 3 heterocycles. The molecule has 1 unspecified atom stereocenters. The van der Waals surface area contributed by atoms with Gasteiger partial charge in [-0.25, -0.2) is 9.67 Å². The number of aromatic nitrogens is 3. The van der Waals surface area contributed by atoms with Gasteiger partial charge in [0.25, 0.3) is 5.56 Å². The molecule has 0 aromatic carbocycles. The fourth-order valence-electron chi connectivity index (χ4n) is 2.88. The first-order chi connectivity index (χ1) is 14.0. The van der Waals surface area contributed by atoms with E-state index >= 15 is 0 Å². The molecule has 0 spiro atoms. The highest BCUT2D eigenvalue weighted by Crippen LogP contribution is 2.19. The first-order valence-corrected chi connectivity index (χ1v) is 10.2. The van der Waals surface area contributed by atoms with Gasteiger partial charge in [0.15, 0.2) is 5.13 Å². The highest BCUT2D eigenvalue weighted by Gasteiger charge is 2.29. The molecule has 3 rings (SSSR count). The zero-order valence-electron chi connectivity index (χ0n) is 15.7. The second-order valence-corrected chi connectivity index (χ2v) is 7.41. The predicted octanol–water partition coefficient (Wildman–Crippen LogP) is -0.0865. The standard InChI is InChI=1S/C18H22N6O4S/c25-14(19-9-10-24-15(26)4-2-8-21-24)6-5-12-11-29-18(22-12)23-17(28)13-3-1-7-20-16(13)27/h2,4,8,11,13H,1,3,5-7,9-10H2,(H,19,25)(H,20,27)(H,22,23,28). The lowest BCUT2D eigenvalue weighted by molar-refractivity contribution is -0.134. The molecule has 1 aliphatic rings.